The third-order valence-electron chi connectivity index (χ3n) is 5.28. The number of fused-ring (bicyclic) bond motifs is 1. The minimum Gasteiger partial charge on any atom is -0.335 e. The number of amides is 4. The van der Waals surface area contributed by atoms with E-state index >= 15 is 0 Å². The van der Waals surface area contributed by atoms with E-state index in [-0.39, 0.29) is 24.4 Å². The molecule has 0 aliphatic carbocycles. The number of nitrogens with zero attached hydrogens (tertiary/aromatic N) is 3. The highest BCUT2D eigenvalue weighted by Crippen LogP contribution is 2.28. The van der Waals surface area contributed by atoms with E-state index in [4.69, 9.17) is 0 Å². The highest BCUT2D eigenvalue weighted by Gasteiger charge is 2.32. The van der Waals surface area contributed by atoms with Crippen LogP contribution >= 0.6 is 0 Å². The summed E-state index contributed by atoms with van der Waals surface area (Å²) in [4.78, 5) is 40.4. The standard InChI is InChI=1S/C21H21N3O3/c1-3-23-12-17-10-16(8-9-18(17)20(23)26)15-6-4-14(5-7-15)11-24-13-19(25)22(2)21(24)27/h4-10H,3,11-13H2,1-2H3. The van der Waals surface area contributed by atoms with Gasteiger partial charge in [-0.3, -0.25) is 14.5 Å². The molecule has 1 saturated heterocycles. The van der Waals surface area contributed by atoms with Gasteiger partial charge in [0.15, 0.2) is 0 Å². The molecule has 0 saturated carbocycles. The number of hydrogen-bond donors (Lipinski definition) is 0. The number of carbonyl (C=O) groups is 3. The van der Waals surface area contributed by atoms with Crippen molar-refractivity contribution >= 4 is 17.8 Å². The average Bonchev–Trinajstić information content (AvgIpc) is 3.13. The van der Waals surface area contributed by atoms with E-state index in [0.29, 0.717) is 19.6 Å². The second kappa shape index (κ2) is 6.54. The molecule has 27 heavy (non-hydrogen) atoms. The molecule has 0 spiro atoms. The second-order valence-corrected chi connectivity index (χ2v) is 6.98. The first-order valence-corrected chi connectivity index (χ1v) is 9.05. The highest BCUT2D eigenvalue weighted by atomic mass is 16.2. The number of hydrogen-bond acceptors (Lipinski definition) is 3. The Labute approximate surface area is 158 Å². The van der Waals surface area contributed by atoms with Gasteiger partial charge >= 0.3 is 6.03 Å². The zero-order valence-corrected chi connectivity index (χ0v) is 15.4. The van der Waals surface area contributed by atoms with Gasteiger partial charge in [-0.25, -0.2) is 4.79 Å². The van der Waals surface area contributed by atoms with Gasteiger partial charge in [0, 0.05) is 32.2 Å². The lowest BCUT2D eigenvalue weighted by Gasteiger charge is -2.15. The Balaban J connectivity index is 1.51. The van der Waals surface area contributed by atoms with Crippen LogP contribution in [0.5, 0.6) is 0 Å². The fraction of sp³-hybridized carbons (Fsp3) is 0.286. The predicted octanol–water partition coefficient (Wildman–Crippen LogP) is 2.72. The topological polar surface area (TPSA) is 60.9 Å². The molecule has 138 valence electrons. The van der Waals surface area contributed by atoms with Crippen molar-refractivity contribution in [2.75, 3.05) is 20.1 Å². The van der Waals surface area contributed by atoms with Gasteiger partial charge in [0.25, 0.3) is 5.91 Å². The first kappa shape index (κ1) is 17.3. The number of benzene rings is 2. The number of rotatable bonds is 4. The predicted molar refractivity (Wildman–Crippen MR) is 101 cm³/mol. The first-order valence-electron chi connectivity index (χ1n) is 9.05. The molecular formula is C21H21N3O3. The van der Waals surface area contributed by atoms with Gasteiger partial charge in [0.1, 0.15) is 6.54 Å². The summed E-state index contributed by atoms with van der Waals surface area (Å²) in [5.41, 5.74) is 4.96. The summed E-state index contributed by atoms with van der Waals surface area (Å²) >= 11 is 0. The van der Waals surface area contributed by atoms with Crippen LogP contribution in [0.1, 0.15) is 28.4 Å². The molecule has 0 radical (unpaired) electrons. The van der Waals surface area contributed by atoms with Crippen molar-refractivity contribution in [2.24, 2.45) is 0 Å². The lowest BCUT2D eigenvalue weighted by atomic mass is 9.99. The number of carbonyl (C=O) groups excluding carboxylic acids is 3. The van der Waals surface area contributed by atoms with E-state index in [0.717, 1.165) is 32.7 Å². The van der Waals surface area contributed by atoms with Gasteiger partial charge < -0.3 is 9.80 Å². The fourth-order valence-electron chi connectivity index (χ4n) is 3.62. The van der Waals surface area contributed by atoms with Crippen molar-refractivity contribution in [1.29, 1.82) is 0 Å². The highest BCUT2D eigenvalue weighted by molar-refractivity contribution is 6.01. The minimum absolute atomic E-state index is 0.101. The van der Waals surface area contributed by atoms with Gasteiger partial charge in [-0.2, -0.15) is 0 Å². The summed E-state index contributed by atoms with van der Waals surface area (Å²) in [6, 6.07) is 13.7. The van der Waals surface area contributed by atoms with Crippen LogP contribution in [-0.4, -0.2) is 52.7 Å². The van der Waals surface area contributed by atoms with Crippen LogP contribution in [0.15, 0.2) is 42.5 Å². The quantitative estimate of drug-likeness (QED) is 0.785. The summed E-state index contributed by atoms with van der Waals surface area (Å²) < 4.78 is 0. The Bertz CT molecular complexity index is 936. The molecule has 2 aromatic carbocycles. The van der Waals surface area contributed by atoms with Crippen molar-refractivity contribution in [3.05, 3.63) is 59.2 Å². The summed E-state index contributed by atoms with van der Waals surface area (Å²) in [6.45, 7) is 3.91. The Morgan fingerprint density at radius 3 is 2.22 bits per heavy atom. The zero-order chi connectivity index (χ0) is 19.1. The molecule has 2 aliphatic rings. The lowest BCUT2D eigenvalue weighted by Crippen LogP contribution is -2.29. The van der Waals surface area contributed by atoms with E-state index in [9.17, 15) is 14.4 Å². The van der Waals surface area contributed by atoms with Crippen LogP contribution in [0, 0.1) is 0 Å². The molecule has 0 unspecified atom stereocenters. The third kappa shape index (κ3) is 2.97. The van der Waals surface area contributed by atoms with Crippen LogP contribution in [0.4, 0.5) is 4.79 Å². The molecule has 6 heteroatoms. The van der Waals surface area contributed by atoms with Crippen molar-refractivity contribution in [3.63, 3.8) is 0 Å². The third-order valence-corrected chi connectivity index (χ3v) is 5.28. The Kier molecular flexibility index (Phi) is 4.18. The van der Waals surface area contributed by atoms with Crippen molar-refractivity contribution in [3.8, 4) is 11.1 Å². The van der Waals surface area contributed by atoms with Crippen LogP contribution in [0.2, 0.25) is 0 Å². The SMILES string of the molecule is CCN1Cc2cc(-c3ccc(CN4CC(=O)N(C)C4=O)cc3)ccc2C1=O. The summed E-state index contributed by atoms with van der Waals surface area (Å²) in [5.74, 6) is -0.0744. The molecule has 2 heterocycles. The van der Waals surface area contributed by atoms with Gasteiger partial charge in [-0.05, 0) is 41.3 Å². The maximum atomic E-state index is 12.2. The molecule has 1 fully saturated rings. The molecule has 4 rings (SSSR count). The van der Waals surface area contributed by atoms with Gasteiger partial charge in [-0.1, -0.05) is 30.3 Å². The zero-order valence-electron chi connectivity index (χ0n) is 15.4. The summed E-state index contributed by atoms with van der Waals surface area (Å²) in [7, 11) is 1.51. The molecule has 2 aliphatic heterocycles. The molecule has 4 amide bonds. The molecule has 6 nitrogen and oxygen atoms in total. The van der Waals surface area contributed by atoms with Crippen LogP contribution < -0.4 is 0 Å². The van der Waals surface area contributed by atoms with Crippen LogP contribution in [0.25, 0.3) is 11.1 Å². The maximum Gasteiger partial charge on any atom is 0.327 e. The Morgan fingerprint density at radius 2 is 1.59 bits per heavy atom. The first-order chi connectivity index (χ1) is 13.0. The van der Waals surface area contributed by atoms with Gasteiger partial charge in [-0.15, -0.1) is 0 Å². The van der Waals surface area contributed by atoms with Gasteiger partial charge in [0.2, 0.25) is 5.91 Å². The molecule has 2 aromatic rings. The van der Waals surface area contributed by atoms with E-state index in [1.807, 2.05) is 48.2 Å². The number of likely N-dealkylation sites (N-methyl/N-ethyl adjacent to an activating group) is 1. The smallest absolute Gasteiger partial charge is 0.327 e. The van der Waals surface area contributed by atoms with Crippen molar-refractivity contribution in [2.45, 2.75) is 20.0 Å². The Morgan fingerprint density at radius 1 is 0.889 bits per heavy atom. The van der Waals surface area contributed by atoms with Crippen LogP contribution in [-0.2, 0) is 17.9 Å². The second-order valence-electron chi connectivity index (χ2n) is 6.98. The Hall–Kier alpha value is -3.15. The van der Waals surface area contributed by atoms with E-state index in [1.54, 1.807) is 0 Å². The number of imide groups is 1. The number of urea groups is 1. The molecule has 0 bridgehead atoms. The monoisotopic (exact) mass is 363 g/mol. The largest absolute Gasteiger partial charge is 0.335 e. The normalized spacial score (nSPS) is 16.5. The van der Waals surface area contributed by atoms with Gasteiger partial charge in [0.05, 0.1) is 0 Å². The van der Waals surface area contributed by atoms with Crippen LogP contribution in [0.3, 0.4) is 0 Å². The summed E-state index contributed by atoms with van der Waals surface area (Å²) in [5, 5.41) is 0. The summed E-state index contributed by atoms with van der Waals surface area (Å²) in [6.07, 6.45) is 0. The van der Waals surface area contributed by atoms with E-state index < -0.39 is 0 Å². The maximum absolute atomic E-state index is 12.2. The van der Waals surface area contributed by atoms with E-state index in [2.05, 4.69) is 6.07 Å². The molecule has 0 aromatic heterocycles. The molecular weight excluding hydrogens is 342 g/mol. The fourth-order valence-corrected chi connectivity index (χ4v) is 3.62. The molecule has 0 N–H and O–H groups in total. The molecule has 0 atom stereocenters. The minimum atomic E-state index is -0.257. The lowest BCUT2D eigenvalue weighted by molar-refractivity contribution is -0.124. The van der Waals surface area contributed by atoms with Crippen molar-refractivity contribution < 1.29 is 14.4 Å². The average molecular weight is 363 g/mol. The van der Waals surface area contributed by atoms with Crippen molar-refractivity contribution in [1.82, 2.24) is 14.7 Å². The van der Waals surface area contributed by atoms with E-state index in [1.165, 1.54) is 11.9 Å².